The van der Waals surface area contributed by atoms with Crippen molar-refractivity contribution in [3.05, 3.63) is 22.6 Å². The van der Waals surface area contributed by atoms with Crippen LogP contribution in [0, 0.1) is 0 Å². The molecule has 3 N–H and O–H groups in total. The summed E-state index contributed by atoms with van der Waals surface area (Å²) in [5.41, 5.74) is 5.65. The third-order valence-electron chi connectivity index (χ3n) is 3.16. The highest BCUT2D eigenvalue weighted by molar-refractivity contribution is 9.10. The molecule has 6 nitrogen and oxygen atoms in total. The van der Waals surface area contributed by atoms with Crippen LogP contribution in [0.3, 0.4) is 0 Å². The molecule has 1 aliphatic rings. The zero-order valence-electron chi connectivity index (χ0n) is 10.4. The molecule has 1 aromatic heterocycles. The number of nitrogens with two attached hydrogens (primary N) is 1. The van der Waals surface area contributed by atoms with Crippen LogP contribution in [0.4, 0.5) is 0 Å². The highest BCUT2D eigenvalue weighted by Gasteiger charge is 2.23. The van der Waals surface area contributed by atoms with E-state index in [1.54, 1.807) is 6.07 Å². The number of hydrogen-bond donors (Lipinski definition) is 2. The van der Waals surface area contributed by atoms with Crippen molar-refractivity contribution >= 4 is 27.7 Å². The van der Waals surface area contributed by atoms with Gasteiger partial charge in [-0.15, -0.1) is 0 Å². The van der Waals surface area contributed by atoms with E-state index in [-0.39, 0.29) is 24.4 Å². The lowest BCUT2D eigenvalue weighted by Gasteiger charge is -2.31. The lowest BCUT2D eigenvalue weighted by Crippen LogP contribution is -2.46. The van der Waals surface area contributed by atoms with Crippen LogP contribution in [0.25, 0.3) is 0 Å². The third kappa shape index (κ3) is 3.81. The van der Waals surface area contributed by atoms with Gasteiger partial charge in [0.1, 0.15) is 0 Å². The monoisotopic (exact) mass is 329 g/mol. The number of nitrogens with one attached hydrogen (secondary N) is 1. The molecule has 2 rings (SSSR count). The number of halogens is 1. The van der Waals surface area contributed by atoms with Gasteiger partial charge in [0.05, 0.1) is 18.4 Å². The van der Waals surface area contributed by atoms with Crippen molar-refractivity contribution in [1.82, 2.24) is 10.2 Å². The van der Waals surface area contributed by atoms with Crippen molar-refractivity contribution in [2.45, 2.75) is 18.9 Å². The fourth-order valence-corrected chi connectivity index (χ4v) is 2.59. The number of likely N-dealkylation sites (tertiary alicyclic amines) is 1. The maximum absolute atomic E-state index is 12.0. The number of rotatable bonds is 4. The van der Waals surface area contributed by atoms with Gasteiger partial charge < -0.3 is 15.5 Å². The largest absolute Gasteiger partial charge is 0.457 e. The van der Waals surface area contributed by atoms with E-state index in [1.165, 1.54) is 6.26 Å². The van der Waals surface area contributed by atoms with Crippen molar-refractivity contribution < 1.29 is 14.0 Å². The van der Waals surface area contributed by atoms with Crippen LogP contribution >= 0.6 is 15.9 Å². The number of nitrogens with zero attached hydrogens (tertiary/aromatic N) is 1. The second kappa shape index (κ2) is 6.21. The summed E-state index contributed by atoms with van der Waals surface area (Å²) < 4.78 is 5.47. The maximum Gasteiger partial charge on any atom is 0.255 e. The van der Waals surface area contributed by atoms with E-state index in [0.29, 0.717) is 10.2 Å². The Morgan fingerprint density at radius 3 is 2.68 bits per heavy atom. The van der Waals surface area contributed by atoms with Gasteiger partial charge in [0.25, 0.3) is 5.91 Å². The van der Waals surface area contributed by atoms with E-state index in [4.69, 9.17) is 10.2 Å². The molecule has 104 valence electrons. The molecule has 19 heavy (non-hydrogen) atoms. The fourth-order valence-electron chi connectivity index (χ4n) is 2.17. The number of carbonyl (C=O) groups is 2. The highest BCUT2D eigenvalue weighted by atomic mass is 79.9. The van der Waals surface area contributed by atoms with E-state index in [9.17, 15) is 9.59 Å². The minimum Gasteiger partial charge on any atom is -0.457 e. The van der Waals surface area contributed by atoms with Gasteiger partial charge in [-0.1, -0.05) is 0 Å². The summed E-state index contributed by atoms with van der Waals surface area (Å²) in [4.78, 5) is 24.8. The Balaban J connectivity index is 1.81. The summed E-state index contributed by atoms with van der Waals surface area (Å²) in [6.07, 6.45) is 3.09. The van der Waals surface area contributed by atoms with E-state index in [0.717, 1.165) is 25.9 Å². The zero-order valence-corrected chi connectivity index (χ0v) is 12.0. The standard InChI is InChI=1S/C12H16BrN3O3/c13-11-9(3-6-19-11)12(18)15-8-1-4-16(5-2-8)7-10(14)17/h3,6,8H,1-2,4-5,7H2,(H2,14,17)(H,15,18). The number of hydrogen-bond acceptors (Lipinski definition) is 4. The number of furan rings is 1. The molecule has 0 radical (unpaired) electrons. The average Bonchev–Trinajstić information content (AvgIpc) is 2.77. The number of primary amides is 1. The Labute approximate surface area is 119 Å². The van der Waals surface area contributed by atoms with Crippen LogP contribution in [-0.4, -0.2) is 42.4 Å². The Morgan fingerprint density at radius 1 is 1.47 bits per heavy atom. The molecule has 0 unspecified atom stereocenters. The quantitative estimate of drug-likeness (QED) is 0.851. The first kappa shape index (κ1) is 14.1. The van der Waals surface area contributed by atoms with Crippen LogP contribution in [0.15, 0.2) is 21.4 Å². The average molecular weight is 330 g/mol. The first-order valence-corrected chi connectivity index (χ1v) is 6.90. The van der Waals surface area contributed by atoms with Gasteiger partial charge in [0.2, 0.25) is 5.91 Å². The minimum absolute atomic E-state index is 0.124. The number of amides is 2. The predicted octanol–water partition coefficient (Wildman–Crippen LogP) is 0.722. The van der Waals surface area contributed by atoms with Gasteiger partial charge in [-0.3, -0.25) is 14.5 Å². The third-order valence-corrected chi connectivity index (χ3v) is 3.78. The summed E-state index contributed by atoms with van der Waals surface area (Å²) in [5, 5.41) is 2.96. The molecule has 0 atom stereocenters. The van der Waals surface area contributed by atoms with Crippen LogP contribution in [0.1, 0.15) is 23.2 Å². The molecule has 0 bridgehead atoms. The topological polar surface area (TPSA) is 88.6 Å². The van der Waals surface area contributed by atoms with Crippen molar-refractivity contribution in [3.63, 3.8) is 0 Å². The van der Waals surface area contributed by atoms with E-state index < -0.39 is 0 Å². The van der Waals surface area contributed by atoms with Crippen molar-refractivity contribution in [2.24, 2.45) is 5.73 Å². The Kier molecular flexibility index (Phi) is 4.60. The molecule has 0 aromatic carbocycles. The molecule has 0 saturated carbocycles. The van der Waals surface area contributed by atoms with Gasteiger partial charge in [0.15, 0.2) is 4.67 Å². The van der Waals surface area contributed by atoms with Crippen molar-refractivity contribution in [3.8, 4) is 0 Å². The molecule has 0 aliphatic carbocycles. The van der Waals surface area contributed by atoms with Crippen molar-refractivity contribution in [1.29, 1.82) is 0 Å². The summed E-state index contributed by atoms with van der Waals surface area (Å²) in [5.74, 6) is -0.459. The molecular formula is C12H16BrN3O3. The number of carbonyl (C=O) groups excluding carboxylic acids is 2. The normalized spacial score (nSPS) is 17.3. The SMILES string of the molecule is NC(=O)CN1CCC(NC(=O)c2ccoc2Br)CC1. The second-order valence-electron chi connectivity index (χ2n) is 4.60. The van der Waals surface area contributed by atoms with Crippen LogP contribution < -0.4 is 11.1 Å². The molecule has 1 aromatic rings. The van der Waals surface area contributed by atoms with E-state index in [1.807, 2.05) is 4.90 Å². The summed E-state index contributed by atoms with van der Waals surface area (Å²) in [6, 6.07) is 1.75. The molecule has 2 heterocycles. The Morgan fingerprint density at radius 2 is 2.16 bits per heavy atom. The van der Waals surface area contributed by atoms with Gasteiger partial charge in [-0.25, -0.2) is 0 Å². The van der Waals surface area contributed by atoms with E-state index >= 15 is 0 Å². The van der Waals surface area contributed by atoms with Crippen LogP contribution in [0.2, 0.25) is 0 Å². The Bertz CT molecular complexity index is 467. The summed E-state index contributed by atoms with van der Waals surface area (Å²) in [7, 11) is 0. The molecule has 0 spiro atoms. The zero-order chi connectivity index (χ0) is 13.8. The molecule has 1 aliphatic heterocycles. The molecule has 1 saturated heterocycles. The maximum atomic E-state index is 12.0. The minimum atomic E-state index is -0.315. The lowest BCUT2D eigenvalue weighted by atomic mass is 10.0. The fraction of sp³-hybridized carbons (Fsp3) is 0.500. The van der Waals surface area contributed by atoms with Crippen LogP contribution in [-0.2, 0) is 4.79 Å². The molecule has 1 fully saturated rings. The molecule has 2 amide bonds. The number of piperidine rings is 1. The van der Waals surface area contributed by atoms with Gasteiger partial charge in [-0.2, -0.15) is 0 Å². The van der Waals surface area contributed by atoms with E-state index in [2.05, 4.69) is 21.2 Å². The summed E-state index contributed by atoms with van der Waals surface area (Å²) >= 11 is 3.18. The lowest BCUT2D eigenvalue weighted by molar-refractivity contribution is -0.119. The predicted molar refractivity (Wildman–Crippen MR) is 72.5 cm³/mol. The van der Waals surface area contributed by atoms with Gasteiger partial charge in [0, 0.05) is 19.1 Å². The smallest absolute Gasteiger partial charge is 0.255 e. The first-order valence-electron chi connectivity index (χ1n) is 6.11. The van der Waals surface area contributed by atoms with Gasteiger partial charge >= 0.3 is 0 Å². The Hall–Kier alpha value is -1.34. The van der Waals surface area contributed by atoms with Crippen LogP contribution in [0.5, 0.6) is 0 Å². The second-order valence-corrected chi connectivity index (χ2v) is 5.32. The molecular weight excluding hydrogens is 314 g/mol. The van der Waals surface area contributed by atoms with Crippen molar-refractivity contribution in [2.75, 3.05) is 19.6 Å². The summed E-state index contributed by atoms with van der Waals surface area (Å²) in [6.45, 7) is 1.81. The van der Waals surface area contributed by atoms with Gasteiger partial charge in [-0.05, 0) is 34.8 Å². The molecule has 7 heteroatoms. The first-order chi connectivity index (χ1) is 9.06. The highest BCUT2D eigenvalue weighted by Crippen LogP contribution is 2.18.